The summed E-state index contributed by atoms with van der Waals surface area (Å²) in [5.41, 5.74) is 1.38. The number of hydrogen-bond acceptors (Lipinski definition) is 2. The van der Waals surface area contributed by atoms with Gasteiger partial charge in [-0.25, -0.2) is 9.18 Å². The lowest BCUT2D eigenvalue weighted by Gasteiger charge is -2.07. The highest BCUT2D eigenvalue weighted by Gasteiger charge is 2.11. The Bertz CT molecular complexity index is 573. The van der Waals surface area contributed by atoms with E-state index in [1.54, 1.807) is 43.3 Å². The monoisotopic (exact) mass is 278 g/mol. The average Bonchev–Trinajstić information content (AvgIpc) is 2.39. The Morgan fingerprint density at radius 1 is 1.21 bits per heavy atom. The lowest BCUT2D eigenvalue weighted by molar-refractivity contribution is 0.0526. The molecule has 0 saturated carbocycles. The molecule has 0 atom stereocenters. The molecule has 0 heterocycles. The molecule has 0 aromatic heterocycles. The summed E-state index contributed by atoms with van der Waals surface area (Å²) >= 11 is 5.98. The lowest BCUT2D eigenvalue weighted by atomic mass is 10.0. The molecule has 0 aliphatic heterocycles. The number of carbonyl (C=O) groups excluding carboxylic acids is 1. The predicted octanol–water partition coefficient (Wildman–Crippen LogP) is 4.32. The number of hydrogen-bond donors (Lipinski definition) is 0. The van der Waals surface area contributed by atoms with E-state index >= 15 is 0 Å². The molecule has 0 aliphatic carbocycles. The van der Waals surface area contributed by atoms with Crippen molar-refractivity contribution in [2.75, 3.05) is 6.61 Å². The predicted molar refractivity (Wildman–Crippen MR) is 72.8 cm³/mol. The molecule has 0 unspecified atom stereocenters. The van der Waals surface area contributed by atoms with Crippen molar-refractivity contribution in [2.24, 2.45) is 0 Å². The van der Waals surface area contributed by atoms with E-state index in [0.717, 1.165) is 0 Å². The molecule has 0 fully saturated rings. The first-order valence-corrected chi connectivity index (χ1v) is 6.23. The first kappa shape index (κ1) is 13.6. The minimum Gasteiger partial charge on any atom is -0.462 e. The minimum atomic E-state index is -0.395. The normalized spacial score (nSPS) is 10.3. The van der Waals surface area contributed by atoms with Crippen molar-refractivity contribution in [1.82, 2.24) is 0 Å². The van der Waals surface area contributed by atoms with Gasteiger partial charge in [0, 0.05) is 5.56 Å². The van der Waals surface area contributed by atoms with Gasteiger partial charge in [-0.15, -0.1) is 0 Å². The fourth-order valence-corrected chi connectivity index (χ4v) is 2.03. The molecule has 2 aromatic rings. The Kier molecular flexibility index (Phi) is 4.17. The molecular formula is C15H12ClFO2. The minimum absolute atomic E-state index is 0.319. The van der Waals surface area contributed by atoms with Crippen molar-refractivity contribution in [3.63, 3.8) is 0 Å². The number of halogens is 2. The quantitative estimate of drug-likeness (QED) is 0.782. The first-order valence-electron chi connectivity index (χ1n) is 5.85. The third kappa shape index (κ3) is 2.93. The van der Waals surface area contributed by atoms with Crippen LogP contribution in [-0.2, 0) is 4.74 Å². The van der Waals surface area contributed by atoms with Crippen molar-refractivity contribution in [3.05, 3.63) is 58.9 Å². The molecule has 2 aromatic carbocycles. The summed E-state index contributed by atoms with van der Waals surface area (Å²) in [6, 6.07) is 11.0. The van der Waals surface area contributed by atoms with E-state index in [-0.39, 0.29) is 0 Å². The smallest absolute Gasteiger partial charge is 0.338 e. The zero-order chi connectivity index (χ0) is 13.8. The van der Waals surface area contributed by atoms with Crippen LogP contribution in [0.1, 0.15) is 17.3 Å². The second kappa shape index (κ2) is 5.85. The van der Waals surface area contributed by atoms with Gasteiger partial charge in [0.15, 0.2) is 0 Å². The highest BCUT2D eigenvalue weighted by molar-refractivity contribution is 6.33. The Balaban J connectivity index is 2.35. The molecule has 0 bridgehead atoms. The second-order valence-corrected chi connectivity index (χ2v) is 4.30. The van der Waals surface area contributed by atoms with Gasteiger partial charge in [-0.05, 0) is 36.8 Å². The van der Waals surface area contributed by atoms with Crippen LogP contribution in [0.3, 0.4) is 0 Å². The molecule has 2 rings (SSSR count). The van der Waals surface area contributed by atoms with Crippen LogP contribution >= 0.6 is 11.6 Å². The zero-order valence-electron chi connectivity index (χ0n) is 10.3. The van der Waals surface area contributed by atoms with E-state index in [9.17, 15) is 9.18 Å². The molecule has 4 heteroatoms. The summed E-state index contributed by atoms with van der Waals surface area (Å²) in [5.74, 6) is -0.787. The Hall–Kier alpha value is -1.87. The van der Waals surface area contributed by atoms with Crippen molar-refractivity contribution in [1.29, 1.82) is 0 Å². The number of benzene rings is 2. The number of esters is 1. The summed E-state index contributed by atoms with van der Waals surface area (Å²) in [6.07, 6.45) is 0. The lowest BCUT2D eigenvalue weighted by Crippen LogP contribution is -2.04. The van der Waals surface area contributed by atoms with Crippen LogP contribution in [0.25, 0.3) is 11.1 Å². The van der Waals surface area contributed by atoms with Crippen LogP contribution in [-0.4, -0.2) is 12.6 Å². The largest absolute Gasteiger partial charge is 0.462 e. The van der Waals surface area contributed by atoms with Gasteiger partial charge in [-0.3, -0.25) is 0 Å². The van der Waals surface area contributed by atoms with Gasteiger partial charge in [0.25, 0.3) is 0 Å². The molecule has 0 aliphatic rings. The molecule has 2 nitrogen and oxygen atoms in total. The molecule has 0 N–H and O–H groups in total. The van der Waals surface area contributed by atoms with Crippen molar-refractivity contribution < 1.29 is 13.9 Å². The maximum Gasteiger partial charge on any atom is 0.338 e. The highest BCUT2D eigenvalue weighted by atomic mass is 35.5. The van der Waals surface area contributed by atoms with Gasteiger partial charge in [-0.1, -0.05) is 29.8 Å². The molecule has 19 heavy (non-hydrogen) atoms. The molecule has 98 valence electrons. The number of carbonyl (C=O) groups is 1. The van der Waals surface area contributed by atoms with Crippen LogP contribution < -0.4 is 0 Å². The first-order chi connectivity index (χ1) is 9.13. The van der Waals surface area contributed by atoms with Crippen molar-refractivity contribution in [2.45, 2.75) is 6.92 Å². The van der Waals surface area contributed by atoms with E-state index in [1.165, 1.54) is 6.07 Å². The standard InChI is InChI=1S/C15H12ClFO2/c1-2-19-15(18)11-8-6-10(7-9-11)14-12(16)4-3-5-13(14)17/h3-9H,2H2,1H3. The molecule has 0 saturated heterocycles. The van der Waals surface area contributed by atoms with Gasteiger partial charge in [0.05, 0.1) is 17.2 Å². The van der Waals surface area contributed by atoms with Gasteiger partial charge < -0.3 is 4.74 Å². The molecule has 0 radical (unpaired) electrons. The summed E-state index contributed by atoms with van der Waals surface area (Å²) < 4.78 is 18.6. The summed E-state index contributed by atoms with van der Waals surface area (Å²) in [7, 11) is 0. The van der Waals surface area contributed by atoms with Gasteiger partial charge >= 0.3 is 5.97 Å². The van der Waals surface area contributed by atoms with E-state index in [4.69, 9.17) is 16.3 Å². The van der Waals surface area contributed by atoms with Crippen LogP contribution in [0.15, 0.2) is 42.5 Å². The SMILES string of the molecule is CCOC(=O)c1ccc(-c2c(F)cccc2Cl)cc1. The molecule has 0 amide bonds. The maximum atomic E-state index is 13.7. The Morgan fingerprint density at radius 3 is 2.47 bits per heavy atom. The van der Waals surface area contributed by atoms with E-state index in [2.05, 4.69) is 0 Å². The fraction of sp³-hybridized carbons (Fsp3) is 0.133. The van der Waals surface area contributed by atoms with Gasteiger partial charge in [0.2, 0.25) is 0 Å². The zero-order valence-corrected chi connectivity index (χ0v) is 11.1. The van der Waals surface area contributed by atoms with Gasteiger partial charge in [0.1, 0.15) is 5.82 Å². The Labute approximate surface area is 115 Å². The third-order valence-electron chi connectivity index (χ3n) is 2.65. The average molecular weight is 279 g/mol. The molecular weight excluding hydrogens is 267 g/mol. The van der Waals surface area contributed by atoms with E-state index < -0.39 is 11.8 Å². The topological polar surface area (TPSA) is 26.3 Å². The van der Waals surface area contributed by atoms with Crippen LogP contribution in [0.5, 0.6) is 0 Å². The van der Waals surface area contributed by atoms with Crippen LogP contribution in [0.4, 0.5) is 4.39 Å². The Morgan fingerprint density at radius 2 is 1.89 bits per heavy atom. The highest BCUT2D eigenvalue weighted by Crippen LogP contribution is 2.30. The van der Waals surface area contributed by atoms with Gasteiger partial charge in [-0.2, -0.15) is 0 Å². The van der Waals surface area contributed by atoms with Crippen molar-refractivity contribution >= 4 is 17.6 Å². The number of ether oxygens (including phenoxy) is 1. The van der Waals surface area contributed by atoms with Crippen molar-refractivity contribution in [3.8, 4) is 11.1 Å². The maximum absolute atomic E-state index is 13.7. The second-order valence-electron chi connectivity index (χ2n) is 3.89. The molecule has 0 spiro atoms. The summed E-state index contributed by atoms with van der Waals surface area (Å²) in [5, 5.41) is 0.337. The summed E-state index contributed by atoms with van der Waals surface area (Å²) in [4.78, 5) is 11.5. The van der Waals surface area contributed by atoms with E-state index in [0.29, 0.717) is 28.3 Å². The third-order valence-corrected chi connectivity index (χ3v) is 2.96. The number of rotatable bonds is 3. The fourth-order valence-electron chi connectivity index (χ4n) is 1.76. The summed E-state index contributed by atoms with van der Waals surface area (Å²) in [6.45, 7) is 2.06. The van der Waals surface area contributed by atoms with E-state index in [1.807, 2.05) is 0 Å². The van der Waals surface area contributed by atoms with Crippen LogP contribution in [0, 0.1) is 5.82 Å². The van der Waals surface area contributed by atoms with Crippen LogP contribution in [0.2, 0.25) is 5.02 Å².